The van der Waals surface area contributed by atoms with Crippen LogP contribution in [0.15, 0.2) is 12.4 Å². The van der Waals surface area contributed by atoms with Gasteiger partial charge in [-0.3, -0.25) is 4.68 Å². The summed E-state index contributed by atoms with van der Waals surface area (Å²) in [6, 6.07) is 0. The number of hydrogen-bond donors (Lipinski definition) is 3. The van der Waals surface area contributed by atoms with Gasteiger partial charge in [0, 0.05) is 18.3 Å². The van der Waals surface area contributed by atoms with E-state index in [9.17, 15) is 0 Å². The van der Waals surface area contributed by atoms with Crippen LogP contribution in [0, 0.1) is 0 Å². The molecule has 1 rings (SSSR count). The van der Waals surface area contributed by atoms with E-state index in [4.69, 9.17) is 10.8 Å². The molecule has 0 amide bonds. The Labute approximate surface area is 90.3 Å². The molecule has 0 unspecified atom stereocenters. The van der Waals surface area contributed by atoms with E-state index in [1.807, 2.05) is 12.4 Å². The van der Waals surface area contributed by atoms with Crippen molar-refractivity contribution in [3.05, 3.63) is 18.0 Å². The Balaban J connectivity index is 2.14. The summed E-state index contributed by atoms with van der Waals surface area (Å²) in [6.07, 6.45) is 5.95. The van der Waals surface area contributed by atoms with E-state index in [1.54, 1.807) is 4.68 Å². The Morgan fingerprint density at radius 3 is 3.07 bits per heavy atom. The maximum atomic E-state index is 8.71. The van der Waals surface area contributed by atoms with E-state index in [0.29, 0.717) is 6.54 Å². The predicted molar refractivity (Wildman–Crippen MR) is 59.3 cm³/mol. The average Bonchev–Trinajstić information content (AvgIpc) is 2.66. The number of aromatic nitrogens is 2. The molecule has 1 aromatic heterocycles. The zero-order valence-electron chi connectivity index (χ0n) is 9.02. The van der Waals surface area contributed by atoms with Crippen LogP contribution in [0.1, 0.15) is 18.4 Å². The highest BCUT2D eigenvalue weighted by atomic mass is 16.3. The highest BCUT2D eigenvalue weighted by Gasteiger charge is 1.97. The molecule has 0 fully saturated rings. The van der Waals surface area contributed by atoms with Gasteiger partial charge in [-0.2, -0.15) is 5.10 Å². The van der Waals surface area contributed by atoms with E-state index in [1.165, 1.54) is 0 Å². The summed E-state index contributed by atoms with van der Waals surface area (Å²) in [7, 11) is 0. The molecule has 0 bridgehead atoms. The summed E-state index contributed by atoms with van der Waals surface area (Å²) in [4.78, 5) is 0. The van der Waals surface area contributed by atoms with E-state index >= 15 is 0 Å². The first-order chi connectivity index (χ1) is 7.36. The molecule has 4 N–H and O–H groups in total. The van der Waals surface area contributed by atoms with Crippen molar-refractivity contribution in [1.29, 1.82) is 0 Å². The van der Waals surface area contributed by atoms with Crippen molar-refractivity contribution in [2.24, 2.45) is 5.73 Å². The number of nitrogens with two attached hydrogens (primary N) is 1. The monoisotopic (exact) mass is 212 g/mol. The van der Waals surface area contributed by atoms with Gasteiger partial charge in [0.05, 0.1) is 19.3 Å². The molecule has 0 aliphatic rings. The van der Waals surface area contributed by atoms with Crippen LogP contribution >= 0.6 is 0 Å². The van der Waals surface area contributed by atoms with Gasteiger partial charge in [0.15, 0.2) is 0 Å². The molecule has 0 aromatic carbocycles. The Morgan fingerprint density at radius 1 is 1.47 bits per heavy atom. The quantitative estimate of drug-likeness (QED) is 0.517. The molecule has 0 saturated carbocycles. The highest BCUT2D eigenvalue weighted by Crippen LogP contribution is 1.97. The zero-order chi connectivity index (χ0) is 10.9. The van der Waals surface area contributed by atoms with Crippen LogP contribution in [0.5, 0.6) is 0 Å². The van der Waals surface area contributed by atoms with Crippen molar-refractivity contribution in [3.8, 4) is 0 Å². The number of nitrogens with one attached hydrogen (secondary N) is 1. The first-order valence-corrected chi connectivity index (χ1v) is 5.40. The van der Waals surface area contributed by atoms with Gasteiger partial charge in [-0.05, 0) is 25.9 Å². The smallest absolute Gasteiger partial charge is 0.0640 e. The fourth-order valence-electron chi connectivity index (χ4n) is 1.35. The lowest BCUT2D eigenvalue weighted by atomic mass is 10.3. The Kier molecular flexibility index (Phi) is 5.99. The summed E-state index contributed by atoms with van der Waals surface area (Å²) in [5.74, 6) is 0. The van der Waals surface area contributed by atoms with Crippen molar-refractivity contribution in [2.45, 2.75) is 25.9 Å². The van der Waals surface area contributed by atoms with Crippen LogP contribution in [0.2, 0.25) is 0 Å². The molecule has 15 heavy (non-hydrogen) atoms. The molecule has 0 aliphatic carbocycles. The van der Waals surface area contributed by atoms with Crippen molar-refractivity contribution in [3.63, 3.8) is 0 Å². The second-order valence-electron chi connectivity index (χ2n) is 3.51. The van der Waals surface area contributed by atoms with E-state index in [0.717, 1.165) is 38.0 Å². The lowest BCUT2D eigenvalue weighted by Gasteiger charge is -2.01. The van der Waals surface area contributed by atoms with Gasteiger partial charge < -0.3 is 16.2 Å². The van der Waals surface area contributed by atoms with Gasteiger partial charge in [-0.25, -0.2) is 0 Å². The normalized spacial score (nSPS) is 10.8. The van der Waals surface area contributed by atoms with E-state index in [-0.39, 0.29) is 6.61 Å². The minimum Gasteiger partial charge on any atom is -0.394 e. The summed E-state index contributed by atoms with van der Waals surface area (Å²) in [6.45, 7) is 3.27. The fraction of sp³-hybridized carbons (Fsp3) is 0.700. The van der Waals surface area contributed by atoms with E-state index in [2.05, 4.69) is 10.4 Å². The molecule has 0 atom stereocenters. The van der Waals surface area contributed by atoms with Gasteiger partial charge in [-0.15, -0.1) is 0 Å². The van der Waals surface area contributed by atoms with Crippen LogP contribution in [0.4, 0.5) is 0 Å². The molecule has 5 nitrogen and oxygen atoms in total. The van der Waals surface area contributed by atoms with Crippen LogP contribution in [0.3, 0.4) is 0 Å². The van der Waals surface area contributed by atoms with Crippen LogP contribution in [-0.4, -0.2) is 34.6 Å². The minimum absolute atomic E-state index is 0.130. The lowest BCUT2D eigenvalue weighted by Crippen LogP contribution is -2.15. The van der Waals surface area contributed by atoms with Gasteiger partial charge in [0.25, 0.3) is 0 Å². The third-order valence-electron chi connectivity index (χ3n) is 2.15. The maximum absolute atomic E-state index is 8.71. The maximum Gasteiger partial charge on any atom is 0.0640 e. The number of aliphatic hydroxyl groups excluding tert-OH is 1. The Hall–Kier alpha value is -0.910. The van der Waals surface area contributed by atoms with Gasteiger partial charge in [0.1, 0.15) is 0 Å². The molecular weight excluding hydrogens is 192 g/mol. The largest absolute Gasteiger partial charge is 0.394 e. The second-order valence-corrected chi connectivity index (χ2v) is 3.51. The predicted octanol–water partition coefficient (Wildman–Crippen LogP) is -0.296. The zero-order valence-corrected chi connectivity index (χ0v) is 9.02. The first-order valence-electron chi connectivity index (χ1n) is 5.40. The van der Waals surface area contributed by atoms with Crippen LogP contribution in [-0.2, 0) is 13.1 Å². The number of aliphatic hydroxyl groups is 1. The number of hydrogen-bond acceptors (Lipinski definition) is 4. The summed E-state index contributed by atoms with van der Waals surface area (Å²) in [5.41, 5.74) is 6.54. The van der Waals surface area contributed by atoms with Crippen molar-refractivity contribution in [1.82, 2.24) is 15.1 Å². The average molecular weight is 212 g/mol. The van der Waals surface area contributed by atoms with E-state index < -0.39 is 0 Å². The van der Waals surface area contributed by atoms with Gasteiger partial charge in [-0.1, -0.05) is 0 Å². The Morgan fingerprint density at radius 2 is 2.33 bits per heavy atom. The second kappa shape index (κ2) is 7.39. The number of unbranched alkanes of at least 4 members (excludes halogenated alkanes) is 1. The molecule has 86 valence electrons. The molecule has 1 aromatic rings. The minimum atomic E-state index is 0.130. The molecule has 0 radical (unpaired) electrons. The number of rotatable bonds is 8. The molecule has 0 aliphatic heterocycles. The fourth-order valence-corrected chi connectivity index (χ4v) is 1.35. The third-order valence-corrected chi connectivity index (χ3v) is 2.15. The summed E-state index contributed by atoms with van der Waals surface area (Å²) in [5, 5.41) is 16.2. The molecular formula is C10H20N4O. The van der Waals surface area contributed by atoms with Crippen molar-refractivity contribution < 1.29 is 5.11 Å². The molecule has 5 heteroatoms. The molecule has 0 spiro atoms. The third kappa shape index (κ3) is 4.92. The summed E-state index contributed by atoms with van der Waals surface area (Å²) < 4.78 is 1.75. The molecule has 0 saturated heterocycles. The standard InChI is InChI=1S/C10H20N4O/c11-3-1-2-4-12-7-10-8-13-14(9-10)5-6-15/h8-9,12,15H,1-7,11H2. The Bertz CT molecular complexity index is 262. The SMILES string of the molecule is NCCCCNCc1cnn(CCO)c1. The van der Waals surface area contributed by atoms with Crippen molar-refractivity contribution in [2.75, 3.05) is 19.7 Å². The first kappa shape index (κ1) is 12.2. The molecule has 1 heterocycles. The lowest BCUT2D eigenvalue weighted by molar-refractivity contribution is 0.269. The van der Waals surface area contributed by atoms with Crippen LogP contribution < -0.4 is 11.1 Å². The van der Waals surface area contributed by atoms with Crippen molar-refractivity contribution >= 4 is 0 Å². The number of nitrogens with zero attached hydrogens (tertiary/aromatic N) is 2. The van der Waals surface area contributed by atoms with Crippen LogP contribution in [0.25, 0.3) is 0 Å². The summed E-state index contributed by atoms with van der Waals surface area (Å²) >= 11 is 0. The van der Waals surface area contributed by atoms with Gasteiger partial charge in [0.2, 0.25) is 0 Å². The highest BCUT2D eigenvalue weighted by molar-refractivity contribution is 5.03. The topological polar surface area (TPSA) is 76.1 Å². The van der Waals surface area contributed by atoms with Gasteiger partial charge >= 0.3 is 0 Å².